The van der Waals surface area contributed by atoms with Crippen molar-refractivity contribution in [3.8, 4) is 5.75 Å². The number of nitrogens with two attached hydrogens (primary N) is 1. The van der Waals surface area contributed by atoms with Crippen LogP contribution in [0.1, 0.15) is 20.3 Å². The molecule has 0 saturated heterocycles. The number of carbonyl (C=O) groups excluding carboxylic acids is 1. The van der Waals surface area contributed by atoms with E-state index < -0.39 is 5.54 Å². The molecule has 0 spiro atoms. The third kappa shape index (κ3) is 5.59. The first-order chi connectivity index (χ1) is 9.58. The van der Waals surface area contributed by atoms with Crippen molar-refractivity contribution in [3.63, 3.8) is 0 Å². The van der Waals surface area contributed by atoms with Gasteiger partial charge < -0.3 is 20.5 Å². The number of carbonyl (C=O) groups is 1. The van der Waals surface area contributed by atoms with Crippen molar-refractivity contribution in [1.29, 1.82) is 0 Å². The quantitative estimate of drug-likeness (QED) is 0.634. The van der Waals surface area contributed by atoms with E-state index in [0.29, 0.717) is 32.8 Å². The smallest absolute Gasteiger partial charge is 0.237 e. The molecule has 0 bridgehead atoms. The Labute approximate surface area is 120 Å². The van der Waals surface area contributed by atoms with Crippen LogP contribution in [-0.2, 0) is 9.53 Å². The van der Waals surface area contributed by atoms with Crippen molar-refractivity contribution in [2.24, 2.45) is 5.73 Å². The second kappa shape index (κ2) is 8.55. The molecule has 0 aliphatic carbocycles. The molecule has 0 aliphatic heterocycles. The lowest BCUT2D eigenvalue weighted by atomic mass is 9.97. The van der Waals surface area contributed by atoms with Crippen LogP contribution in [0.25, 0.3) is 0 Å². The van der Waals surface area contributed by atoms with Crippen LogP contribution in [0.4, 0.5) is 0 Å². The number of nitrogens with one attached hydrogen (secondary N) is 1. The SMILES string of the molecule is CCNC(C)(CCOCCOc1ccccc1)C(N)=O. The number of hydrogen-bond acceptors (Lipinski definition) is 4. The summed E-state index contributed by atoms with van der Waals surface area (Å²) in [5, 5.41) is 3.09. The molecular formula is C15H24N2O3. The van der Waals surface area contributed by atoms with Crippen LogP contribution >= 0.6 is 0 Å². The molecule has 0 aromatic heterocycles. The molecule has 5 nitrogen and oxygen atoms in total. The standard InChI is InChI=1S/C15H24N2O3/c1-3-17-15(2,14(16)18)9-10-19-11-12-20-13-7-5-4-6-8-13/h4-8,17H,3,9-12H2,1-2H3,(H2,16,18). The molecule has 0 saturated carbocycles. The van der Waals surface area contributed by atoms with Gasteiger partial charge in [-0.25, -0.2) is 0 Å². The van der Waals surface area contributed by atoms with Gasteiger partial charge in [-0.15, -0.1) is 0 Å². The molecular weight excluding hydrogens is 256 g/mol. The summed E-state index contributed by atoms with van der Waals surface area (Å²) in [5.41, 5.74) is 4.68. The number of hydrogen-bond donors (Lipinski definition) is 2. The normalized spacial score (nSPS) is 13.7. The lowest BCUT2D eigenvalue weighted by molar-refractivity contribution is -0.124. The van der Waals surface area contributed by atoms with Crippen molar-refractivity contribution < 1.29 is 14.3 Å². The fraction of sp³-hybridized carbons (Fsp3) is 0.533. The Bertz CT molecular complexity index is 397. The van der Waals surface area contributed by atoms with E-state index in [1.54, 1.807) is 6.92 Å². The van der Waals surface area contributed by atoms with E-state index in [0.717, 1.165) is 5.75 Å². The Balaban J connectivity index is 2.16. The van der Waals surface area contributed by atoms with E-state index >= 15 is 0 Å². The van der Waals surface area contributed by atoms with Gasteiger partial charge >= 0.3 is 0 Å². The van der Waals surface area contributed by atoms with Gasteiger partial charge in [0.15, 0.2) is 0 Å². The van der Waals surface area contributed by atoms with Crippen LogP contribution in [0.15, 0.2) is 30.3 Å². The van der Waals surface area contributed by atoms with Gasteiger partial charge in [0, 0.05) is 6.61 Å². The summed E-state index contributed by atoms with van der Waals surface area (Å²) in [5.74, 6) is 0.467. The van der Waals surface area contributed by atoms with E-state index in [9.17, 15) is 4.79 Å². The maximum Gasteiger partial charge on any atom is 0.237 e. The highest BCUT2D eigenvalue weighted by molar-refractivity contribution is 5.84. The van der Waals surface area contributed by atoms with Gasteiger partial charge in [-0.05, 0) is 32.0 Å². The number of ether oxygens (including phenoxy) is 2. The predicted octanol–water partition coefficient (Wildman–Crippen LogP) is 1.33. The fourth-order valence-electron chi connectivity index (χ4n) is 1.80. The summed E-state index contributed by atoms with van der Waals surface area (Å²) in [6.45, 7) is 5.86. The van der Waals surface area contributed by atoms with Gasteiger partial charge in [0.25, 0.3) is 0 Å². The summed E-state index contributed by atoms with van der Waals surface area (Å²) in [7, 11) is 0. The van der Waals surface area contributed by atoms with Gasteiger partial charge in [-0.1, -0.05) is 25.1 Å². The highest BCUT2D eigenvalue weighted by Crippen LogP contribution is 2.10. The zero-order chi connectivity index (χ0) is 14.8. The summed E-state index contributed by atoms with van der Waals surface area (Å²) in [6, 6.07) is 9.58. The molecule has 0 radical (unpaired) electrons. The molecule has 3 N–H and O–H groups in total. The van der Waals surface area contributed by atoms with Gasteiger partial charge in [-0.3, -0.25) is 4.79 Å². The van der Waals surface area contributed by atoms with E-state index in [1.807, 2.05) is 37.3 Å². The molecule has 5 heteroatoms. The van der Waals surface area contributed by atoms with Crippen molar-refractivity contribution in [2.75, 3.05) is 26.4 Å². The largest absolute Gasteiger partial charge is 0.491 e. The first kappa shape index (κ1) is 16.5. The highest BCUT2D eigenvalue weighted by atomic mass is 16.5. The summed E-state index contributed by atoms with van der Waals surface area (Å²) >= 11 is 0. The molecule has 1 aromatic rings. The molecule has 0 aliphatic rings. The Morgan fingerprint density at radius 3 is 2.55 bits per heavy atom. The Morgan fingerprint density at radius 1 is 1.25 bits per heavy atom. The van der Waals surface area contributed by atoms with Crippen LogP contribution in [-0.4, -0.2) is 37.8 Å². The molecule has 112 valence electrons. The molecule has 0 heterocycles. The molecule has 1 atom stereocenters. The Hall–Kier alpha value is -1.59. The summed E-state index contributed by atoms with van der Waals surface area (Å²) < 4.78 is 11.0. The third-order valence-corrected chi connectivity index (χ3v) is 3.10. The minimum absolute atomic E-state index is 0.358. The number of para-hydroxylation sites is 1. The molecule has 0 fully saturated rings. The van der Waals surface area contributed by atoms with Crippen LogP contribution in [0, 0.1) is 0 Å². The first-order valence-corrected chi connectivity index (χ1v) is 6.89. The topological polar surface area (TPSA) is 73.6 Å². The van der Waals surface area contributed by atoms with E-state index in [-0.39, 0.29) is 5.91 Å². The van der Waals surface area contributed by atoms with Gasteiger partial charge in [0.2, 0.25) is 5.91 Å². The molecule has 1 amide bonds. The van der Waals surface area contributed by atoms with E-state index in [4.69, 9.17) is 15.2 Å². The Morgan fingerprint density at radius 2 is 1.95 bits per heavy atom. The lowest BCUT2D eigenvalue weighted by Crippen LogP contribution is -2.53. The summed E-state index contributed by atoms with van der Waals surface area (Å²) in [4.78, 5) is 11.4. The third-order valence-electron chi connectivity index (χ3n) is 3.10. The minimum atomic E-state index is -0.713. The van der Waals surface area contributed by atoms with Crippen molar-refractivity contribution >= 4 is 5.91 Å². The van der Waals surface area contributed by atoms with Gasteiger partial charge in [0.05, 0.1) is 12.1 Å². The average molecular weight is 280 g/mol. The highest BCUT2D eigenvalue weighted by Gasteiger charge is 2.29. The average Bonchev–Trinajstić information content (AvgIpc) is 2.44. The van der Waals surface area contributed by atoms with Gasteiger partial charge in [-0.2, -0.15) is 0 Å². The molecule has 20 heavy (non-hydrogen) atoms. The zero-order valence-corrected chi connectivity index (χ0v) is 12.2. The number of amides is 1. The van der Waals surface area contributed by atoms with Crippen LogP contribution in [0.5, 0.6) is 5.75 Å². The maximum absolute atomic E-state index is 11.4. The number of benzene rings is 1. The van der Waals surface area contributed by atoms with Gasteiger partial charge in [0.1, 0.15) is 12.4 Å². The maximum atomic E-state index is 11.4. The predicted molar refractivity (Wildman–Crippen MR) is 78.6 cm³/mol. The molecule has 1 aromatic carbocycles. The van der Waals surface area contributed by atoms with Crippen molar-refractivity contribution in [1.82, 2.24) is 5.32 Å². The second-order valence-electron chi connectivity index (χ2n) is 4.75. The number of rotatable bonds is 10. The summed E-state index contributed by atoms with van der Waals surface area (Å²) in [6.07, 6.45) is 0.543. The Kier molecular flexibility index (Phi) is 7.04. The molecule has 1 rings (SSSR count). The number of likely N-dealkylation sites (N-methyl/N-ethyl adjacent to an activating group) is 1. The van der Waals surface area contributed by atoms with Crippen LogP contribution < -0.4 is 15.8 Å². The van der Waals surface area contributed by atoms with Crippen molar-refractivity contribution in [3.05, 3.63) is 30.3 Å². The fourth-order valence-corrected chi connectivity index (χ4v) is 1.80. The van der Waals surface area contributed by atoms with Crippen LogP contribution in [0.3, 0.4) is 0 Å². The minimum Gasteiger partial charge on any atom is -0.491 e. The first-order valence-electron chi connectivity index (χ1n) is 6.89. The van der Waals surface area contributed by atoms with E-state index in [2.05, 4.69) is 5.32 Å². The second-order valence-corrected chi connectivity index (χ2v) is 4.75. The van der Waals surface area contributed by atoms with Crippen LogP contribution in [0.2, 0.25) is 0 Å². The number of primary amides is 1. The lowest BCUT2D eigenvalue weighted by Gasteiger charge is -2.26. The molecule has 1 unspecified atom stereocenters. The van der Waals surface area contributed by atoms with Crippen molar-refractivity contribution in [2.45, 2.75) is 25.8 Å². The zero-order valence-electron chi connectivity index (χ0n) is 12.2. The monoisotopic (exact) mass is 280 g/mol. The van der Waals surface area contributed by atoms with E-state index in [1.165, 1.54) is 0 Å².